The summed E-state index contributed by atoms with van der Waals surface area (Å²) >= 11 is 0. The first-order chi connectivity index (χ1) is 7.63. The van der Waals surface area contributed by atoms with Crippen molar-refractivity contribution in [3.63, 3.8) is 0 Å². The van der Waals surface area contributed by atoms with Crippen LogP contribution in [0.1, 0.15) is 32.6 Å². The molecule has 0 saturated heterocycles. The number of ether oxygens (including phenoxy) is 2. The van der Waals surface area contributed by atoms with Gasteiger partial charge < -0.3 is 9.47 Å². The zero-order valence-electron chi connectivity index (χ0n) is 10.2. The predicted molar refractivity (Wildman–Crippen MR) is 58.9 cm³/mol. The van der Waals surface area contributed by atoms with Gasteiger partial charge in [-0.1, -0.05) is 13.3 Å². The third-order valence-corrected chi connectivity index (χ3v) is 3.34. The molecule has 1 aliphatic carbocycles. The highest BCUT2D eigenvalue weighted by Crippen LogP contribution is 2.30. The molecule has 0 aromatic carbocycles. The van der Waals surface area contributed by atoms with Crippen molar-refractivity contribution in [2.45, 2.75) is 38.9 Å². The molecule has 0 amide bonds. The molecule has 0 radical (unpaired) electrons. The van der Waals surface area contributed by atoms with Crippen molar-refractivity contribution in [3.8, 4) is 0 Å². The first-order valence-corrected chi connectivity index (χ1v) is 5.76. The fourth-order valence-electron chi connectivity index (χ4n) is 2.24. The van der Waals surface area contributed by atoms with Gasteiger partial charge in [-0.15, -0.1) is 0 Å². The molecule has 0 bridgehead atoms. The first-order valence-electron chi connectivity index (χ1n) is 5.76. The molecule has 0 N–H and O–H groups in total. The first kappa shape index (κ1) is 13.3. The van der Waals surface area contributed by atoms with Crippen LogP contribution in [0.5, 0.6) is 0 Å². The van der Waals surface area contributed by atoms with Gasteiger partial charge in [0.25, 0.3) is 0 Å². The Balaban J connectivity index is 2.68. The second-order valence-electron chi connectivity index (χ2n) is 4.27. The second kappa shape index (κ2) is 6.11. The van der Waals surface area contributed by atoms with E-state index in [1.807, 2.05) is 0 Å². The van der Waals surface area contributed by atoms with E-state index in [2.05, 4.69) is 6.92 Å². The molecule has 16 heavy (non-hydrogen) atoms. The molecule has 2 unspecified atom stereocenters. The monoisotopic (exact) mass is 228 g/mol. The van der Waals surface area contributed by atoms with Crippen LogP contribution >= 0.6 is 0 Å². The van der Waals surface area contributed by atoms with Crippen molar-refractivity contribution in [2.75, 3.05) is 14.2 Å². The van der Waals surface area contributed by atoms with E-state index >= 15 is 0 Å². The topological polar surface area (TPSA) is 52.6 Å². The summed E-state index contributed by atoms with van der Waals surface area (Å²) in [5.41, 5.74) is 0. The van der Waals surface area contributed by atoms with Crippen LogP contribution in [0.15, 0.2) is 0 Å². The molecule has 0 heterocycles. The number of methoxy groups -OCH3 is 2. The van der Waals surface area contributed by atoms with Crippen LogP contribution in [0.4, 0.5) is 0 Å². The molecule has 4 heteroatoms. The predicted octanol–water partition coefficient (Wildman–Crippen LogP) is 1.57. The molecule has 1 rings (SSSR count). The van der Waals surface area contributed by atoms with Crippen molar-refractivity contribution in [2.24, 2.45) is 11.8 Å². The summed E-state index contributed by atoms with van der Waals surface area (Å²) in [6, 6.07) is 0. The SMILES string of the molecule is CCC1CCC(=O)C(C(=O)C(OC)OC)C1. The van der Waals surface area contributed by atoms with Gasteiger partial charge in [0.2, 0.25) is 6.29 Å². The minimum atomic E-state index is -0.899. The lowest BCUT2D eigenvalue weighted by Crippen LogP contribution is -2.39. The summed E-state index contributed by atoms with van der Waals surface area (Å²) in [6.45, 7) is 2.09. The Morgan fingerprint density at radius 1 is 1.44 bits per heavy atom. The Labute approximate surface area is 96.3 Å². The number of carbonyl (C=O) groups excluding carboxylic acids is 2. The van der Waals surface area contributed by atoms with E-state index in [0.717, 1.165) is 12.8 Å². The fraction of sp³-hybridized carbons (Fsp3) is 0.833. The van der Waals surface area contributed by atoms with E-state index in [1.54, 1.807) is 0 Å². The maximum absolute atomic E-state index is 12.0. The zero-order valence-corrected chi connectivity index (χ0v) is 10.2. The summed E-state index contributed by atoms with van der Waals surface area (Å²) in [5.74, 6) is -0.244. The lowest BCUT2D eigenvalue weighted by atomic mass is 9.77. The lowest BCUT2D eigenvalue weighted by Gasteiger charge is -2.28. The summed E-state index contributed by atoms with van der Waals surface area (Å²) in [5, 5.41) is 0. The number of hydrogen-bond donors (Lipinski definition) is 0. The number of ketones is 2. The Hall–Kier alpha value is -0.740. The summed E-state index contributed by atoms with van der Waals surface area (Å²) in [4.78, 5) is 23.7. The van der Waals surface area contributed by atoms with Crippen LogP contribution in [0.25, 0.3) is 0 Å². The highest BCUT2D eigenvalue weighted by Gasteiger charge is 2.36. The number of rotatable bonds is 5. The average Bonchev–Trinajstić information content (AvgIpc) is 2.31. The lowest BCUT2D eigenvalue weighted by molar-refractivity contribution is -0.164. The van der Waals surface area contributed by atoms with Gasteiger partial charge in [0.1, 0.15) is 5.78 Å². The van der Waals surface area contributed by atoms with Gasteiger partial charge in [-0.05, 0) is 18.8 Å². The quantitative estimate of drug-likeness (QED) is 0.529. The number of hydrogen-bond acceptors (Lipinski definition) is 4. The highest BCUT2D eigenvalue weighted by atomic mass is 16.7. The Bertz CT molecular complexity index is 258. The van der Waals surface area contributed by atoms with E-state index in [9.17, 15) is 9.59 Å². The Morgan fingerprint density at radius 3 is 2.56 bits per heavy atom. The standard InChI is InChI=1S/C12H20O4/c1-4-8-5-6-10(13)9(7-8)11(14)12(15-2)16-3/h8-9,12H,4-7H2,1-3H3. The molecular weight excluding hydrogens is 208 g/mol. The minimum Gasteiger partial charge on any atom is -0.349 e. The van der Waals surface area contributed by atoms with Gasteiger partial charge in [0.05, 0.1) is 5.92 Å². The molecule has 1 aliphatic rings. The molecule has 2 atom stereocenters. The van der Waals surface area contributed by atoms with Crippen LogP contribution < -0.4 is 0 Å². The number of Topliss-reactive ketones (excluding diaryl/α,β-unsaturated/α-hetero) is 2. The Morgan fingerprint density at radius 2 is 2.06 bits per heavy atom. The number of carbonyl (C=O) groups is 2. The van der Waals surface area contributed by atoms with Crippen LogP contribution in [-0.4, -0.2) is 32.1 Å². The van der Waals surface area contributed by atoms with Crippen molar-refractivity contribution in [3.05, 3.63) is 0 Å². The van der Waals surface area contributed by atoms with Gasteiger partial charge in [-0.2, -0.15) is 0 Å². The van der Waals surface area contributed by atoms with Gasteiger partial charge in [0.15, 0.2) is 5.78 Å². The van der Waals surface area contributed by atoms with Crippen LogP contribution in [0.3, 0.4) is 0 Å². The van der Waals surface area contributed by atoms with E-state index in [0.29, 0.717) is 18.8 Å². The van der Waals surface area contributed by atoms with Crippen molar-refractivity contribution < 1.29 is 19.1 Å². The average molecular weight is 228 g/mol. The molecule has 92 valence electrons. The minimum absolute atomic E-state index is 0.0359. The van der Waals surface area contributed by atoms with Crippen molar-refractivity contribution >= 4 is 11.6 Å². The van der Waals surface area contributed by atoms with Gasteiger partial charge in [0, 0.05) is 20.6 Å². The third-order valence-electron chi connectivity index (χ3n) is 3.34. The summed E-state index contributed by atoms with van der Waals surface area (Å²) in [7, 11) is 2.83. The molecular formula is C12H20O4. The molecule has 0 aromatic rings. The smallest absolute Gasteiger partial charge is 0.218 e. The fourth-order valence-corrected chi connectivity index (χ4v) is 2.24. The van der Waals surface area contributed by atoms with E-state index in [-0.39, 0.29) is 11.6 Å². The molecule has 1 saturated carbocycles. The van der Waals surface area contributed by atoms with Crippen molar-refractivity contribution in [1.82, 2.24) is 0 Å². The molecule has 0 aliphatic heterocycles. The summed E-state index contributed by atoms with van der Waals surface area (Å²) < 4.78 is 9.82. The van der Waals surface area contributed by atoms with E-state index in [4.69, 9.17) is 9.47 Å². The third kappa shape index (κ3) is 2.89. The molecule has 0 aromatic heterocycles. The van der Waals surface area contributed by atoms with Gasteiger partial charge >= 0.3 is 0 Å². The zero-order chi connectivity index (χ0) is 12.1. The molecule has 1 fully saturated rings. The van der Waals surface area contributed by atoms with Crippen LogP contribution in [0, 0.1) is 11.8 Å². The van der Waals surface area contributed by atoms with E-state index in [1.165, 1.54) is 14.2 Å². The second-order valence-corrected chi connectivity index (χ2v) is 4.27. The largest absolute Gasteiger partial charge is 0.349 e. The summed E-state index contributed by atoms with van der Waals surface area (Å²) in [6.07, 6.45) is 2.18. The molecule has 4 nitrogen and oxygen atoms in total. The van der Waals surface area contributed by atoms with Gasteiger partial charge in [-0.3, -0.25) is 9.59 Å². The molecule has 0 spiro atoms. The van der Waals surface area contributed by atoms with E-state index < -0.39 is 12.2 Å². The van der Waals surface area contributed by atoms with Gasteiger partial charge in [-0.25, -0.2) is 0 Å². The maximum Gasteiger partial charge on any atom is 0.218 e. The Kier molecular flexibility index (Phi) is 5.09. The van der Waals surface area contributed by atoms with Crippen LogP contribution in [0.2, 0.25) is 0 Å². The van der Waals surface area contributed by atoms with Crippen molar-refractivity contribution in [1.29, 1.82) is 0 Å². The maximum atomic E-state index is 12.0. The normalized spacial score (nSPS) is 26.1. The van der Waals surface area contributed by atoms with Crippen LogP contribution in [-0.2, 0) is 19.1 Å². The highest BCUT2D eigenvalue weighted by molar-refractivity contribution is 6.04.